The van der Waals surface area contributed by atoms with Gasteiger partial charge >= 0.3 is 0 Å². The Labute approximate surface area is 218 Å². The molecule has 2 aromatic rings. The second-order valence-electron chi connectivity index (χ2n) is 9.64. The summed E-state index contributed by atoms with van der Waals surface area (Å²) in [6.45, 7) is 5.75. The third-order valence-corrected chi connectivity index (χ3v) is 6.55. The van der Waals surface area contributed by atoms with E-state index < -0.39 is 41.3 Å². The van der Waals surface area contributed by atoms with Crippen molar-refractivity contribution in [3.63, 3.8) is 0 Å². The molecule has 2 atom stereocenters. The number of rotatable bonds is 1. The van der Waals surface area contributed by atoms with Crippen molar-refractivity contribution in [2.45, 2.75) is 64.3 Å². The summed E-state index contributed by atoms with van der Waals surface area (Å²) in [7, 11) is 0. The summed E-state index contributed by atoms with van der Waals surface area (Å²) in [5.74, 6) is -1.86. The predicted molar refractivity (Wildman–Crippen MR) is 133 cm³/mol. The van der Waals surface area contributed by atoms with E-state index in [1.54, 1.807) is 43.8 Å². The molecule has 198 valence electrons. The van der Waals surface area contributed by atoms with Crippen LogP contribution in [0.3, 0.4) is 0 Å². The van der Waals surface area contributed by atoms with Gasteiger partial charge in [0.15, 0.2) is 0 Å². The zero-order valence-corrected chi connectivity index (χ0v) is 21.6. The molecule has 37 heavy (non-hydrogen) atoms. The highest BCUT2D eigenvalue weighted by molar-refractivity contribution is 6.31. The van der Waals surface area contributed by atoms with Crippen molar-refractivity contribution in [3.8, 4) is 5.75 Å². The van der Waals surface area contributed by atoms with E-state index in [1.807, 2.05) is 0 Å². The lowest BCUT2D eigenvalue weighted by Crippen LogP contribution is -2.58. The molecular weight excluding hydrogens is 502 g/mol. The van der Waals surface area contributed by atoms with E-state index >= 15 is 0 Å². The van der Waals surface area contributed by atoms with E-state index in [0.29, 0.717) is 35.9 Å². The standard InChI is InChI=1S/C24H30ClN7O5/c1-13(2)19-22(35)27-14(3)20(33)26-11-16-12-32(31-30-16)8-9-37-18-5-4-15(25)10-17(18)21(34)29-24(6-7-24)23(36)28-19/h4-5,10,12-14,19H,6-9,11H2,1-3H3,(H,26,33)(H,27,35)(H,28,36)(H,29,34)/t14-,19+/m1/s1. The fourth-order valence-corrected chi connectivity index (χ4v) is 4.09. The molecule has 1 spiro atoms. The van der Waals surface area contributed by atoms with Crippen molar-refractivity contribution in [1.29, 1.82) is 0 Å². The number of nitrogens with one attached hydrogen (secondary N) is 4. The van der Waals surface area contributed by atoms with Crippen LogP contribution in [0.1, 0.15) is 49.7 Å². The number of fused-ring (bicyclic) bond motifs is 3. The topological polar surface area (TPSA) is 156 Å². The van der Waals surface area contributed by atoms with Crippen molar-refractivity contribution in [2.24, 2.45) is 5.92 Å². The maximum absolute atomic E-state index is 13.2. The van der Waals surface area contributed by atoms with Gasteiger partial charge in [-0.25, -0.2) is 4.68 Å². The number of hydrogen-bond acceptors (Lipinski definition) is 7. The second-order valence-corrected chi connectivity index (χ2v) is 10.1. The average molecular weight is 532 g/mol. The van der Waals surface area contributed by atoms with Gasteiger partial charge in [-0.2, -0.15) is 0 Å². The molecule has 4 N–H and O–H groups in total. The SMILES string of the molecule is CC(C)[C@@H]1NC(=O)C2(CC2)NC(=O)c2cc(Cl)ccc2OCCn2cc(nn2)CNC(=O)[C@@H](C)NC1=O. The van der Waals surface area contributed by atoms with Crippen molar-refractivity contribution in [2.75, 3.05) is 6.61 Å². The monoisotopic (exact) mass is 531 g/mol. The smallest absolute Gasteiger partial charge is 0.255 e. The van der Waals surface area contributed by atoms with Crippen LogP contribution in [0.15, 0.2) is 24.4 Å². The van der Waals surface area contributed by atoms with Crippen LogP contribution < -0.4 is 26.0 Å². The number of hydrogen-bond donors (Lipinski definition) is 4. The number of halogens is 1. The van der Waals surface area contributed by atoms with Crippen LogP contribution in [-0.2, 0) is 27.5 Å². The lowest BCUT2D eigenvalue weighted by molar-refractivity contribution is -0.133. The highest BCUT2D eigenvalue weighted by atomic mass is 35.5. The molecule has 0 unspecified atom stereocenters. The van der Waals surface area contributed by atoms with E-state index in [2.05, 4.69) is 31.6 Å². The first kappa shape index (κ1) is 26.4. The summed E-state index contributed by atoms with van der Waals surface area (Å²) in [5, 5.41) is 19.3. The third kappa shape index (κ3) is 6.19. The van der Waals surface area contributed by atoms with Gasteiger partial charge in [0.1, 0.15) is 35.7 Å². The Morgan fingerprint density at radius 3 is 2.59 bits per heavy atom. The Morgan fingerprint density at radius 2 is 1.89 bits per heavy atom. The number of ether oxygens (including phenoxy) is 1. The minimum atomic E-state index is -1.15. The van der Waals surface area contributed by atoms with Crippen molar-refractivity contribution in [1.82, 2.24) is 36.3 Å². The van der Waals surface area contributed by atoms with Gasteiger partial charge < -0.3 is 26.0 Å². The minimum Gasteiger partial charge on any atom is -0.491 e. The Balaban J connectivity index is 1.61. The molecule has 1 aliphatic carbocycles. The normalized spacial score (nSPS) is 22.7. The summed E-state index contributed by atoms with van der Waals surface area (Å²) < 4.78 is 7.39. The lowest BCUT2D eigenvalue weighted by atomic mass is 10.0. The lowest BCUT2D eigenvalue weighted by Gasteiger charge is -2.26. The highest BCUT2D eigenvalue weighted by Gasteiger charge is 2.52. The van der Waals surface area contributed by atoms with Gasteiger partial charge in [-0.1, -0.05) is 30.7 Å². The molecule has 12 nitrogen and oxygen atoms in total. The van der Waals surface area contributed by atoms with E-state index in [9.17, 15) is 19.2 Å². The van der Waals surface area contributed by atoms with Crippen LogP contribution in [0.4, 0.5) is 0 Å². The molecule has 1 fully saturated rings. The van der Waals surface area contributed by atoms with Crippen molar-refractivity contribution in [3.05, 3.63) is 40.7 Å². The minimum absolute atomic E-state index is 0.119. The molecule has 2 bridgehead atoms. The number of carbonyl (C=O) groups is 4. The highest BCUT2D eigenvalue weighted by Crippen LogP contribution is 2.37. The molecule has 1 saturated carbocycles. The number of amides is 4. The molecule has 0 saturated heterocycles. The number of carbonyl (C=O) groups excluding carboxylic acids is 4. The largest absolute Gasteiger partial charge is 0.491 e. The van der Waals surface area contributed by atoms with Crippen LogP contribution in [0, 0.1) is 5.92 Å². The molecular formula is C24H30ClN7O5. The molecule has 0 radical (unpaired) electrons. The van der Waals surface area contributed by atoms with Gasteiger partial charge in [-0.05, 0) is 43.9 Å². The number of nitrogens with zero attached hydrogens (tertiary/aromatic N) is 3. The van der Waals surface area contributed by atoms with Gasteiger partial charge in [0.05, 0.1) is 24.8 Å². The molecule has 4 rings (SSSR count). The maximum Gasteiger partial charge on any atom is 0.255 e. The molecule has 13 heteroatoms. The van der Waals surface area contributed by atoms with Gasteiger partial charge in [0, 0.05) is 5.02 Å². The summed E-state index contributed by atoms with van der Waals surface area (Å²) in [6, 6.07) is 2.91. The summed E-state index contributed by atoms with van der Waals surface area (Å²) in [5.41, 5.74) is -0.435. The van der Waals surface area contributed by atoms with Gasteiger partial charge in [-0.15, -0.1) is 5.10 Å². The van der Waals surface area contributed by atoms with Gasteiger partial charge in [0.25, 0.3) is 5.91 Å². The first-order valence-corrected chi connectivity index (χ1v) is 12.5. The van der Waals surface area contributed by atoms with E-state index in [4.69, 9.17) is 16.3 Å². The molecule has 2 aliphatic rings. The fourth-order valence-electron chi connectivity index (χ4n) is 3.92. The van der Waals surface area contributed by atoms with Crippen LogP contribution >= 0.6 is 11.6 Å². The zero-order valence-electron chi connectivity index (χ0n) is 20.8. The van der Waals surface area contributed by atoms with Gasteiger partial charge in [0.2, 0.25) is 17.7 Å². The first-order valence-electron chi connectivity index (χ1n) is 12.1. The molecule has 2 heterocycles. The second kappa shape index (κ2) is 10.8. The third-order valence-electron chi connectivity index (χ3n) is 6.32. The quantitative estimate of drug-likeness (QED) is 0.418. The Hall–Kier alpha value is -3.67. The Kier molecular flexibility index (Phi) is 7.67. The molecule has 1 aromatic heterocycles. The Morgan fingerprint density at radius 1 is 1.14 bits per heavy atom. The van der Waals surface area contributed by atoms with Crippen molar-refractivity contribution >= 4 is 35.2 Å². The van der Waals surface area contributed by atoms with Crippen molar-refractivity contribution < 1.29 is 23.9 Å². The van der Waals surface area contributed by atoms with Crippen LogP contribution in [-0.4, -0.2) is 62.9 Å². The Bertz CT molecular complexity index is 1210. The summed E-state index contributed by atoms with van der Waals surface area (Å²) in [6.07, 6.45) is 2.50. The van der Waals surface area contributed by atoms with E-state index in [0.717, 1.165) is 0 Å². The van der Waals surface area contributed by atoms with Crippen LogP contribution in [0.2, 0.25) is 5.02 Å². The maximum atomic E-state index is 13.2. The van der Waals surface area contributed by atoms with Crippen LogP contribution in [0.5, 0.6) is 5.75 Å². The average Bonchev–Trinajstić information content (AvgIpc) is 3.49. The summed E-state index contributed by atoms with van der Waals surface area (Å²) >= 11 is 6.14. The molecule has 1 aromatic carbocycles. The molecule has 1 aliphatic heterocycles. The number of aromatic nitrogens is 3. The zero-order chi connectivity index (χ0) is 26.7. The number of benzene rings is 1. The van der Waals surface area contributed by atoms with Crippen LogP contribution in [0.25, 0.3) is 0 Å². The van der Waals surface area contributed by atoms with E-state index in [-0.39, 0.29) is 24.6 Å². The fraction of sp³-hybridized carbons (Fsp3) is 0.500. The predicted octanol–water partition coefficient (Wildman–Crippen LogP) is 0.548. The summed E-state index contributed by atoms with van der Waals surface area (Å²) in [4.78, 5) is 51.9. The van der Waals surface area contributed by atoms with Gasteiger partial charge in [-0.3, -0.25) is 19.2 Å². The first-order chi connectivity index (χ1) is 17.6. The molecule has 4 amide bonds. The van der Waals surface area contributed by atoms with E-state index in [1.165, 1.54) is 6.07 Å².